The number of hydrogen-bond acceptors (Lipinski definition) is 2. The molecule has 0 radical (unpaired) electrons. The van der Waals surface area contributed by atoms with Crippen LogP contribution in [0.3, 0.4) is 0 Å². The molecule has 0 unspecified atom stereocenters. The lowest BCUT2D eigenvalue weighted by Gasteiger charge is -2.06. The molecule has 2 rings (SSSR count). The number of halogens is 2. The Kier molecular flexibility index (Phi) is 4.50. The van der Waals surface area contributed by atoms with E-state index in [4.69, 9.17) is 0 Å². The molecule has 0 aliphatic rings. The van der Waals surface area contributed by atoms with Crippen molar-refractivity contribution in [1.82, 2.24) is 4.98 Å². The van der Waals surface area contributed by atoms with Crippen molar-refractivity contribution in [1.29, 1.82) is 0 Å². The van der Waals surface area contributed by atoms with Crippen molar-refractivity contribution in [2.75, 3.05) is 0 Å². The summed E-state index contributed by atoms with van der Waals surface area (Å²) < 4.78 is 1.95. The van der Waals surface area contributed by atoms with Crippen LogP contribution < -0.4 is 0 Å². The number of rotatable bonds is 3. The van der Waals surface area contributed by atoms with Gasteiger partial charge in [-0.05, 0) is 63.1 Å². The van der Waals surface area contributed by atoms with Gasteiger partial charge in [-0.2, -0.15) is 0 Å². The monoisotopic (exact) mass is 415 g/mol. The van der Waals surface area contributed by atoms with Gasteiger partial charge in [0.05, 0.1) is 6.42 Å². The second-order valence-electron chi connectivity index (χ2n) is 4.00. The standard InChI is InChI=1S/C14H11BrINO/c1-9-3-2-4-12(14(9)16)13(18)7-11-6-5-10(15)8-17-11/h2-6,8H,7H2,1H3. The molecule has 0 N–H and O–H groups in total. The minimum Gasteiger partial charge on any atom is -0.294 e. The van der Waals surface area contributed by atoms with Crippen LogP contribution in [-0.2, 0) is 6.42 Å². The summed E-state index contributed by atoms with van der Waals surface area (Å²) in [5, 5.41) is 0. The van der Waals surface area contributed by atoms with E-state index < -0.39 is 0 Å². The Labute approximate surface area is 128 Å². The molecule has 0 fully saturated rings. The largest absolute Gasteiger partial charge is 0.294 e. The molecular formula is C14H11BrINO. The maximum Gasteiger partial charge on any atom is 0.169 e. The van der Waals surface area contributed by atoms with Crippen molar-refractivity contribution in [3.63, 3.8) is 0 Å². The third-order valence-corrected chi connectivity index (χ3v) is 4.52. The van der Waals surface area contributed by atoms with Gasteiger partial charge in [0.25, 0.3) is 0 Å². The molecule has 4 heteroatoms. The molecule has 1 heterocycles. The Morgan fingerprint density at radius 3 is 2.78 bits per heavy atom. The second kappa shape index (κ2) is 5.93. The van der Waals surface area contributed by atoms with Gasteiger partial charge >= 0.3 is 0 Å². The average molecular weight is 416 g/mol. The summed E-state index contributed by atoms with van der Waals surface area (Å²) in [6.45, 7) is 2.01. The van der Waals surface area contributed by atoms with Gasteiger partial charge in [-0.3, -0.25) is 9.78 Å². The van der Waals surface area contributed by atoms with Crippen LogP contribution in [0.4, 0.5) is 0 Å². The Morgan fingerprint density at radius 1 is 1.33 bits per heavy atom. The Hall–Kier alpha value is -0.750. The maximum atomic E-state index is 12.2. The van der Waals surface area contributed by atoms with Gasteiger partial charge in [0, 0.05) is 25.5 Å². The highest BCUT2D eigenvalue weighted by molar-refractivity contribution is 14.1. The van der Waals surface area contributed by atoms with Crippen LogP contribution in [0.1, 0.15) is 21.6 Å². The average Bonchev–Trinajstić information content (AvgIpc) is 2.35. The first-order valence-electron chi connectivity index (χ1n) is 5.46. The Morgan fingerprint density at radius 2 is 2.11 bits per heavy atom. The number of carbonyl (C=O) groups excluding carboxylic acids is 1. The molecule has 0 amide bonds. The molecule has 0 bridgehead atoms. The first-order chi connectivity index (χ1) is 8.58. The summed E-state index contributed by atoms with van der Waals surface area (Å²) in [5.74, 6) is 0.109. The van der Waals surface area contributed by atoms with Gasteiger partial charge < -0.3 is 0 Å². The first kappa shape index (κ1) is 13.7. The van der Waals surface area contributed by atoms with Gasteiger partial charge in [0.15, 0.2) is 5.78 Å². The molecule has 92 valence electrons. The molecule has 2 aromatic rings. The van der Waals surface area contributed by atoms with Crippen LogP contribution >= 0.6 is 38.5 Å². The number of carbonyl (C=O) groups is 1. The summed E-state index contributed by atoms with van der Waals surface area (Å²) in [5.41, 5.74) is 2.70. The van der Waals surface area contributed by atoms with Gasteiger partial charge in [-0.25, -0.2) is 0 Å². The van der Waals surface area contributed by atoms with Crippen LogP contribution in [0, 0.1) is 10.5 Å². The number of aryl methyl sites for hydroxylation is 1. The van der Waals surface area contributed by atoms with E-state index in [1.807, 2.05) is 37.3 Å². The second-order valence-corrected chi connectivity index (χ2v) is 6.00. The van der Waals surface area contributed by atoms with E-state index >= 15 is 0 Å². The van der Waals surface area contributed by atoms with Gasteiger partial charge in [-0.15, -0.1) is 0 Å². The zero-order valence-corrected chi connectivity index (χ0v) is 13.5. The lowest BCUT2D eigenvalue weighted by molar-refractivity contribution is 0.0991. The van der Waals surface area contributed by atoms with Gasteiger partial charge in [-0.1, -0.05) is 18.2 Å². The minimum atomic E-state index is 0.109. The molecule has 1 aromatic heterocycles. The fourth-order valence-corrected chi connectivity index (χ4v) is 2.53. The van der Waals surface area contributed by atoms with Crippen molar-refractivity contribution < 1.29 is 4.79 Å². The van der Waals surface area contributed by atoms with E-state index in [0.29, 0.717) is 6.42 Å². The fraction of sp³-hybridized carbons (Fsp3) is 0.143. The third kappa shape index (κ3) is 3.17. The van der Waals surface area contributed by atoms with Gasteiger partial charge in [0.2, 0.25) is 0 Å². The predicted octanol–water partition coefficient (Wildman–Crippen LogP) is 4.18. The molecule has 0 saturated heterocycles. The summed E-state index contributed by atoms with van der Waals surface area (Å²) in [7, 11) is 0. The Balaban J connectivity index is 2.22. The van der Waals surface area contributed by atoms with E-state index in [-0.39, 0.29) is 5.78 Å². The number of benzene rings is 1. The molecular weight excluding hydrogens is 405 g/mol. The molecule has 0 spiro atoms. The number of pyridine rings is 1. The van der Waals surface area contributed by atoms with E-state index in [9.17, 15) is 4.79 Å². The minimum absolute atomic E-state index is 0.109. The number of Topliss-reactive ketones (excluding diaryl/α,β-unsaturated/α-hetero) is 1. The van der Waals surface area contributed by atoms with Crippen molar-refractivity contribution in [2.45, 2.75) is 13.3 Å². The number of hydrogen-bond donors (Lipinski definition) is 0. The summed E-state index contributed by atoms with van der Waals surface area (Å²) in [6.07, 6.45) is 2.05. The lowest BCUT2D eigenvalue weighted by Crippen LogP contribution is -2.07. The lowest BCUT2D eigenvalue weighted by atomic mass is 10.0. The number of aromatic nitrogens is 1. The zero-order valence-electron chi connectivity index (χ0n) is 9.78. The van der Waals surface area contributed by atoms with Crippen molar-refractivity contribution in [2.24, 2.45) is 0 Å². The Bertz CT molecular complexity index is 581. The molecule has 2 nitrogen and oxygen atoms in total. The molecule has 0 atom stereocenters. The third-order valence-electron chi connectivity index (χ3n) is 2.62. The number of nitrogens with zero attached hydrogens (tertiary/aromatic N) is 1. The molecule has 18 heavy (non-hydrogen) atoms. The predicted molar refractivity (Wildman–Crippen MR) is 83.9 cm³/mol. The topological polar surface area (TPSA) is 30.0 Å². The van der Waals surface area contributed by atoms with E-state index in [0.717, 1.165) is 24.9 Å². The van der Waals surface area contributed by atoms with Crippen LogP contribution in [0.15, 0.2) is 41.0 Å². The van der Waals surface area contributed by atoms with Crippen molar-refractivity contribution in [3.05, 3.63) is 61.4 Å². The van der Waals surface area contributed by atoms with Gasteiger partial charge in [0.1, 0.15) is 0 Å². The molecule has 0 saturated carbocycles. The fourth-order valence-electron chi connectivity index (χ4n) is 1.63. The maximum absolute atomic E-state index is 12.2. The first-order valence-corrected chi connectivity index (χ1v) is 7.34. The molecule has 0 aliphatic carbocycles. The number of ketones is 1. The summed E-state index contributed by atoms with van der Waals surface area (Å²) >= 11 is 5.55. The van der Waals surface area contributed by atoms with Crippen LogP contribution in [-0.4, -0.2) is 10.8 Å². The van der Waals surface area contributed by atoms with E-state index in [1.54, 1.807) is 6.20 Å². The summed E-state index contributed by atoms with van der Waals surface area (Å²) in [4.78, 5) is 16.4. The van der Waals surface area contributed by atoms with Crippen LogP contribution in [0.2, 0.25) is 0 Å². The van der Waals surface area contributed by atoms with Crippen molar-refractivity contribution >= 4 is 44.3 Å². The van der Waals surface area contributed by atoms with Crippen LogP contribution in [0.5, 0.6) is 0 Å². The van der Waals surface area contributed by atoms with Crippen LogP contribution in [0.25, 0.3) is 0 Å². The molecule has 1 aromatic carbocycles. The van der Waals surface area contributed by atoms with E-state index in [1.165, 1.54) is 0 Å². The quantitative estimate of drug-likeness (QED) is 0.555. The molecule has 0 aliphatic heterocycles. The van der Waals surface area contributed by atoms with Crippen molar-refractivity contribution in [3.8, 4) is 0 Å². The highest BCUT2D eigenvalue weighted by Gasteiger charge is 2.12. The normalized spacial score (nSPS) is 10.4. The zero-order chi connectivity index (χ0) is 13.1. The smallest absolute Gasteiger partial charge is 0.169 e. The summed E-state index contributed by atoms with van der Waals surface area (Å²) in [6, 6.07) is 9.56. The SMILES string of the molecule is Cc1cccc(C(=O)Cc2ccc(Br)cn2)c1I. The highest BCUT2D eigenvalue weighted by atomic mass is 127. The van der Waals surface area contributed by atoms with E-state index in [2.05, 4.69) is 43.5 Å². The highest BCUT2D eigenvalue weighted by Crippen LogP contribution is 2.18.